The van der Waals surface area contributed by atoms with Gasteiger partial charge in [-0.2, -0.15) is 11.8 Å². The summed E-state index contributed by atoms with van der Waals surface area (Å²) in [5, 5.41) is 36.5. The smallest absolute Gasteiger partial charge is 0.245 e. The Labute approximate surface area is 298 Å². The molecule has 0 radical (unpaired) electrons. The summed E-state index contributed by atoms with van der Waals surface area (Å²) in [6, 6.07) is 3.36. The molecule has 1 aliphatic rings. The van der Waals surface area contributed by atoms with E-state index >= 15 is 0 Å². The molecular formula is C34H55N7O8S. The zero-order valence-electron chi connectivity index (χ0n) is 29.4. The van der Waals surface area contributed by atoms with Gasteiger partial charge in [0.25, 0.3) is 0 Å². The lowest BCUT2D eigenvalue weighted by atomic mass is 10.0. The van der Waals surface area contributed by atoms with Gasteiger partial charge >= 0.3 is 0 Å². The van der Waals surface area contributed by atoms with Crippen molar-refractivity contribution in [2.75, 3.05) is 24.6 Å². The fraction of sp³-hybridized carbons (Fsp3) is 0.647. The van der Waals surface area contributed by atoms with Crippen LogP contribution in [0.1, 0.15) is 65.4 Å². The Balaban J connectivity index is 2.13. The van der Waals surface area contributed by atoms with Crippen LogP contribution in [0.25, 0.3) is 0 Å². The van der Waals surface area contributed by atoms with Gasteiger partial charge in [0.2, 0.25) is 35.4 Å². The molecule has 0 aromatic heterocycles. The molecule has 2 unspecified atom stereocenters. The van der Waals surface area contributed by atoms with E-state index in [9.17, 15) is 39.0 Å². The van der Waals surface area contributed by atoms with Crippen molar-refractivity contribution in [2.45, 2.75) is 109 Å². The number of thioether (sulfide) groups is 1. The molecule has 0 bridgehead atoms. The van der Waals surface area contributed by atoms with Crippen molar-refractivity contribution >= 4 is 47.2 Å². The second-order valence-electron chi connectivity index (χ2n) is 12.9. The quantitative estimate of drug-likeness (QED) is 0.105. The predicted octanol–water partition coefficient (Wildman–Crippen LogP) is -1.16. The van der Waals surface area contributed by atoms with Gasteiger partial charge in [-0.1, -0.05) is 50.6 Å². The lowest BCUT2D eigenvalue weighted by Crippen LogP contribution is -2.63. The Bertz CT molecular complexity index is 1270. The van der Waals surface area contributed by atoms with Crippen LogP contribution in [0.2, 0.25) is 0 Å². The summed E-state index contributed by atoms with van der Waals surface area (Å²) in [5.74, 6) is -3.52. The molecule has 7 atom stereocenters. The summed E-state index contributed by atoms with van der Waals surface area (Å²) in [5.41, 5.74) is 6.66. The summed E-state index contributed by atoms with van der Waals surface area (Å²) in [6.45, 7) is 6.36. The highest BCUT2D eigenvalue weighted by molar-refractivity contribution is 7.99. The summed E-state index contributed by atoms with van der Waals surface area (Å²) in [6.07, 6.45) is 0.560. The number of nitrogens with one attached hydrogen (secondary N) is 6. The van der Waals surface area contributed by atoms with Gasteiger partial charge in [-0.15, -0.1) is 0 Å². The molecule has 6 amide bonds. The molecule has 2 rings (SSSR count). The van der Waals surface area contributed by atoms with E-state index in [4.69, 9.17) is 5.73 Å². The van der Waals surface area contributed by atoms with Crippen molar-refractivity contribution < 1.29 is 39.0 Å². The molecule has 1 aromatic carbocycles. The van der Waals surface area contributed by atoms with E-state index in [-0.39, 0.29) is 37.6 Å². The summed E-state index contributed by atoms with van der Waals surface area (Å²) >= 11 is 1.43. The molecule has 280 valence electrons. The van der Waals surface area contributed by atoms with Crippen LogP contribution in [-0.4, -0.2) is 113 Å². The minimum atomic E-state index is -1.52. The van der Waals surface area contributed by atoms with Crippen LogP contribution in [-0.2, 0) is 35.2 Å². The lowest BCUT2D eigenvalue weighted by molar-refractivity contribution is -0.137. The van der Waals surface area contributed by atoms with Crippen molar-refractivity contribution in [3.05, 3.63) is 35.9 Å². The molecule has 15 nitrogen and oxygen atoms in total. The molecule has 1 heterocycles. The topological polar surface area (TPSA) is 241 Å². The third-order valence-electron chi connectivity index (χ3n) is 8.14. The third-order valence-corrected chi connectivity index (χ3v) is 9.29. The Hall–Kier alpha value is -3.73. The van der Waals surface area contributed by atoms with E-state index in [0.29, 0.717) is 18.6 Å². The molecule has 1 fully saturated rings. The standard InChI is InChI=1S/C34H55N7O8S/c1-20(2)27(33(48)41-28(21(3)42)32(47)36-17-15-23-11-7-5-8-12-23)39-34(49)29(22(4)43)40-31(46)25-19-50-18-10-6-9-13-26(44)37-24(14-16-35)30(45)38-25/h5,7-8,11-12,20-22,24-25,27-29,42-43H,6,9-10,13-19,35H2,1-4H3,(H,36,47)(H,37,44)(H,38,45)(H,39,49)(H,40,46)(H,41,48)/t21-,22-,24?,25?,27+,28+,29+/m1/s1. The maximum atomic E-state index is 13.5. The van der Waals surface area contributed by atoms with Gasteiger partial charge in [0.1, 0.15) is 30.2 Å². The van der Waals surface area contributed by atoms with Crippen LogP contribution in [0, 0.1) is 5.92 Å². The van der Waals surface area contributed by atoms with Gasteiger partial charge in [0.15, 0.2) is 0 Å². The first kappa shape index (κ1) is 42.4. The molecule has 1 aromatic rings. The highest BCUT2D eigenvalue weighted by Gasteiger charge is 2.36. The SMILES string of the molecule is CC(C)[C@H](NC(=O)[C@@H](NC(=O)C1CSCCCCCC(=O)NC(CCN)C(=O)N1)[C@@H](C)O)C(=O)N[C@H](C(=O)NCCc1ccccc1)[C@@H](C)O. The van der Waals surface area contributed by atoms with Gasteiger partial charge in [-0.05, 0) is 63.3 Å². The van der Waals surface area contributed by atoms with Gasteiger partial charge in [-0.25, -0.2) is 0 Å². The fourth-order valence-electron chi connectivity index (χ4n) is 5.19. The summed E-state index contributed by atoms with van der Waals surface area (Å²) < 4.78 is 0. The molecule has 10 N–H and O–H groups in total. The monoisotopic (exact) mass is 721 g/mol. The van der Waals surface area contributed by atoms with E-state index in [1.54, 1.807) is 13.8 Å². The molecular weight excluding hydrogens is 666 g/mol. The second kappa shape index (κ2) is 22.2. The van der Waals surface area contributed by atoms with Crippen LogP contribution in [0.4, 0.5) is 0 Å². The van der Waals surface area contributed by atoms with Crippen molar-refractivity contribution in [3.63, 3.8) is 0 Å². The molecule has 0 aliphatic carbocycles. The number of aliphatic hydroxyl groups is 2. The maximum absolute atomic E-state index is 13.5. The number of aliphatic hydroxyl groups excluding tert-OH is 2. The van der Waals surface area contributed by atoms with Crippen LogP contribution >= 0.6 is 11.8 Å². The number of nitrogens with two attached hydrogens (primary N) is 1. The minimum Gasteiger partial charge on any atom is -0.391 e. The van der Waals surface area contributed by atoms with Crippen molar-refractivity contribution in [1.82, 2.24) is 31.9 Å². The van der Waals surface area contributed by atoms with Gasteiger partial charge in [-0.3, -0.25) is 28.8 Å². The van der Waals surface area contributed by atoms with Crippen molar-refractivity contribution in [3.8, 4) is 0 Å². The first-order chi connectivity index (χ1) is 23.7. The van der Waals surface area contributed by atoms with Gasteiger partial charge in [0, 0.05) is 18.7 Å². The highest BCUT2D eigenvalue weighted by Crippen LogP contribution is 2.12. The molecule has 16 heteroatoms. The Kier molecular flexibility index (Phi) is 18.8. The Morgan fingerprint density at radius 2 is 1.48 bits per heavy atom. The Morgan fingerprint density at radius 1 is 0.860 bits per heavy atom. The number of carbonyl (C=O) groups is 6. The number of benzene rings is 1. The average molecular weight is 722 g/mol. The zero-order valence-corrected chi connectivity index (χ0v) is 30.2. The highest BCUT2D eigenvalue weighted by atomic mass is 32.2. The number of carbonyl (C=O) groups excluding carboxylic acids is 6. The Morgan fingerprint density at radius 3 is 2.10 bits per heavy atom. The van der Waals surface area contributed by atoms with Crippen LogP contribution in [0.3, 0.4) is 0 Å². The number of rotatable bonds is 15. The predicted molar refractivity (Wildman–Crippen MR) is 190 cm³/mol. The second-order valence-corrected chi connectivity index (χ2v) is 14.0. The summed E-state index contributed by atoms with van der Waals surface area (Å²) in [7, 11) is 0. The largest absolute Gasteiger partial charge is 0.391 e. The molecule has 0 saturated carbocycles. The average Bonchev–Trinajstić information content (AvgIpc) is 3.07. The van der Waals surface area contributed by atoms with Gasteiger partial charge in [0.05, 0.1) is 12.2 Å². The van der Waals surface area contributed by atoms with Gasteiger partial charge < -0.3 is 47.8 Å². The van der Waals surface area contributed by atoms with Crippen molar-refractivity contribution in [1.29, 1.82) is 0 Å². The minimum absolute atomic E-state index is 0.121. The first-order valence-electron chi connectivity index (χ1n) is 17.2. The zero-order chi connectivity index (χ0) is 37.2. The van der Waals surface area contributed by atoms with E-state index in [1.165, 1.54) is 25.6 Å². The molecule has 50 heavy (non-hydrogen) atoms. The molecule has 1 aliphatic heterocycles. The fourth-order valence-corrected chi connectivity index (χ4v) is 6.24. The third kappa shape index (κ3) is 14.6. The summed E-state index contributed by atoms with van der Waals surface area (Å²) in [4.78, 5) is 78.8. The first-order valence-corrected chi connectivity index (χ1v) is 18.4. The van der Waals surface area contributed by atoms with Crippen LogP contribution in [0.15, 0.2) is 30.3 Å². The van der Waals surface area contributed by atoms with E-state index in [0.717, 1.165) is 18.4 Å². The molecule has 1 saturated heterocycles. The van der Waals surface area contributed by atoms with Crippen LogP contribution < -0.4 is 37.6 Å². The van der Waals surface area contributed by atoms with E-state index < -0.39 is 77.9 Å². The van der Waals surface area contributed by atoms with Crippen molar-refractivity contribution in [2.24, 2.45) is 11.7 Å². The molecule has 0 spiro atoms. The van der Waals surface area contributed by atoms with Crippen LogP contribution in [0.5, 0.6) is 0 Å². The lowest BCUT2D eigenvalue weighted by Gasteiger charge is -2.29. The normalized spacial score (nSPS) is 20.6. The van der Waals surface area contributed by atoms with E-state index in [2.05, 4.69) is 31.9 Å². The number of hydrogen-bond acceptors (Lipinski definition) is 10. The number of amides is 6. The maximum Gasteiger partial charge on any atom is 0.245 e. The number of hydrogen-bond donors (Lipinski definition) is 9. The van der Waals surface area contributed by atoms with E-state index in [1.807, 2.05) is 30.3 Å².